The van der Waals surface area contributed by atoms with E-state index in [4.69, 9.17) is 14.5 Å². The van der Waals surface area contributed by atoms with Gasteiger partial charge in [0.25, 0.3) is 5.91 Å². The van der Waals surface area contributed by atoms with Crippen LogP contribution in [-0.4, -0.2) is 89.9 Å². The van der Waals surface area contributed by atoms with Crippen LogP contribution in [0.25, 0.3) is 22.2 Å². The van der Waals surface area contributed by atoms with E-state index in [1.165, 1.54) is 4.90 Å². The molecule has 7 rings (SSSR count). The van der Waals surface area contributed by atoms with Crippen molar-refractivity contribution in [2.75, 3.05) is 13.7 Å². The Morgan fingerprint density at radius 2 is 1.85 bits per heavy atom. The van der Waals surface area contributed by atoms with Crippen molar-refractivity contribution in [3.05, 3.63) is 66.7 Å². The van der Waals surface area contributed by atoms with E-state index >= 15 is 0 Å². The Kier molecular flexibility index (Phi) is 9.55. The molecule has 5 atom stereocenters. The summed E-state index contributed by atoms with van der Waals surface area (Å²) in [5.74, 6) is -1.43. The minimum atomic E-state index is -3.90. The van der Waals surface area contributed by atoms with Crippen LogP contribution < -0.4 is 24.8 Å². The Hall–Kier alpha value is -5.18. The molecule has 5 unspecified atom stereocenters. The smallest absolute Gasteiger partial charge is 0.405 e. The molecule has 4 N–H and O–H groups in total. The Balaban J connectivity index is 1.22. The Morgan fingerprint density at radius 1 is 1.06 bits per heavy atom. The molecule has 3 heterocycles. The first-order valence-corrected chi connectivity index (χ1v) is 19.1. The number of rotatable bonds is 8. The SMILES string of the molecule is COc1ccc2c(OC3CC4C(=O)NC5(C(=O)NS(=O)(=O)C6CC6)CC5/C=C\CCCCC(NC(=O)O)C(=O)N4C3)cc(-c3ccccc3)nc2c1. The van der Waals surface area contributed by atoms with Crippen molar-refractivity contribution in [2.45, 2.75) is 80.3 Å². The number of aromatic nitrogens is 1. The molecule has 274 valence electrons. The van der Waals surface area contributed by atoms with Crippen LogP contribution in [0.3, 0.4) is 0 Å². The van der Waals surface area contributed by atoms with E-state index in [0.717, 1.165) is 5.56 Å². The molecule has 0 bridgehead atoms. The van der Waals surface area contributed by atoms with E-state index in [1.54, 1.807) is 25.3 Å². The third kappa shape index (κ3) is 7.27. The normalized spacial score (nSPS) is 27.0. The standard InChI is InChI=1S/C37H41N5O9S/c1-50-24-13-16-27-30(17-24)38-29(22-9-5-4-6-10-22)19-32(27)51-25-18-31-33(43)40-37(35(45)41-52(48,49)26-14-15-26)20-23(37)11-7-2-3-8-12-28(39-36(46)47)34(44)42(31)21-25/h4-7,9-11,13,16-17,19,23,25-26,28,31,39H,2-3,8,12,14-15,18,20-21H2,1H3,(H,40,43)(H,41,45)(H,46,47)/b11-7-. The molecule has 1 aromatic heterocycles. The molecule has 4 amide bonds. The molecule has 4 aliphatic rings. The van der Waals surface area contributed by atoms with Gasteiger partial charge in [-0.3, -0.25) is 19.1 Å². The molecule has 3 fully saturated rings. The summed E-state index contributed by atoms with van der Waals surface area (Å²) in [4.78, 5) is 60.0. The predicted octanol–water partition coefficient (Wildman–Crippen LogP) is 3.51. The number of sulfonamides is 1. The molecular weight excluding hydrogens is 690 g/mol. The van der Waals surface area contributed by atoms with Crippen LogP contribution >= 0.6 is 0 Å². The summed E-state index contributed by atoms with van der Waals surface area (Å²) in [5, 5.41) is 14.8. The summed E-state index contributed by atoms with van der Waals surface area (Å²) in [6.45, 7) is -0.0477. The number of hydrogen-bond acceptors (Lipinski definition) is 9. The van der Waals surface area contributed by atoms with Crippen LogP contribution in [0.2, 0.25) is 0 Å². The molecule has 0 spiro atoms. The molecule has 2 aromatic carbocycles. The van der Waals surface area contributed by atoms with Gasteiger partial charge < -0.3 is 30.1 Å². The molecule has 15 heteroatoms. The molecule has 3 aromatic rings. The summed E-state index contributed by atoms with van der Waals surface area (Å²) in [6.07, 6.45) is 4.74. The van der Waals surface area contributed by atoms with Crippen LogP contribution in [0.4, 0.5) is 4.79 Å². The van der Waals surface area contributed by atoms with Crippen molar-refractivity contribution < 1.29 is 42.2 Å². The lowest BCUT2D eigenvalue weighted by atomic mass is 10.0. The number of benzene rings is 2. The highest BCUT2D eigenvalue weighted by Crippen LogP contribution is 2.46. The Bertz CT molecular complexity index is 2040. The lowest BCUT2D eigenvalue weighted by Gasteiger charge is -2.29. The number of methoxy groups -OCH3 is 1. The summed E-state index contributed by atoms with van der Waals surface area (Å²) < 4.78 is 39.8. The largest absolute Gasteiger partial charge is 0.497 e. The van der Waals surface area contributed by atoms with Gasteiger partial charge in [-0.2, -0.15) is 0 Å². The first kappa shape index (κ1) is 35.2. The van der Waals surface area contributed by atoms with E-state index < -0.39 is 68.7 Å². The highest BCUT2D eigenvalue weighted by molar-refractivity contribution is 7.91. The maximum atomic E-state index is 14.2. The molecule has 2 aliphatic carbocycles. The number of fused-ring (bicyclic) bond motifs is 3. The van der Waals surface area contributed by atoms with E-state index in [9.17, 15) is 32.7 Å². The second-order valence-corrected chi connectivity index (χ2v) is 15.9. The first-order valence-electron chi connectivity index (χ1n) is 17.5. The topological polar surface area (TPSA) is 193 Å². The van der Waals surface area contributed by atoms with E-state index in [1.807, 2.05) is 48.6 Å². The number of nitrogens with one attached hydrogen (secondary N) is 3. The number of carbonyl (C=O) groups excluding carboxylic acids is 3. The Morgan fingerprint density at radius 3 is 2.58 bits per heavy atom. The summed E-state index contributed by atoms with van der Waals surface area (Å²) in [5.41, 5.74) is 0.568. The molecule has 14 nitrogen and oxygen atoms in total. The average Bonchev–Trinajstić information content (AvgIpc) is 4.05. The van der Waals surface area contributed by atoms with Crippen LogP contribution in [-0.2, 0) is 24.4 Å². The number of nitrogens with zero attached hydrogens (tertiary/aromatic N) is 2. The molecule has 1 saturated heterocycles. The van der Waals surface area contributed by atoms with Crippen molar-refractivity contribution in [1.82, 2.24) is 25.2 Å². The highest BCUT2D eigenvalue weighted by atomic mass is 32.2. The number of pyridine rings is 1. The van der Waals surface area contributed by atoms with Gasteiger partial charge in [-0.05, 0) is 50.7 Å². The third-order valence-corrected chi connectivity index (χ3v) is 12.1. The summed E-state index contributed by atoms with van der Waals surface area (Å²) in [7, 11) is -2.34. The van der Waals surface area contributed by atoms with Crippen molar-refractivity contribution in [2.24, 2.45) is 5.92 Å². The summed E-state index contributed by atoms with van der Waals surface area (Å²) >= 11 is 0. The van der Waals surface area contributed by atoms with E-state index in [2.05, 4.69) is 15.4 Å². The number of carboxylic acid groups (broad SMARTS) is 1. The monoisotopic (exact) mass is 731 g/mol. The first-order chi connectivity index (χ1) is 25.0. The number of allylic oxidation sites excluding steroid dienone is 1. The zero-order valence-electron chi connectivity index (χ0n) is 28.6. The number of carbonyl (C=O) groups is 4. The van der Waals surface area contributed by atoms with Crippen molar-refractivity contribution >= 4 is 44.7 Å². The van der Waals surface area contributed by atoms with Gasteiger partial charge in [-0.1, -0.05) is 48.9 Å². The second kappa shape index (κ2) is 14.1. The lowest BCUT2D eigenvalue weighted by Crippen LogP contribution is -2.58. The van der Waals surface area contributed by atoms with Crippen LogP contribution in [0.1, 0.15) is 51.4 Å². The van der Waals surface area contributed by atoms with E-state index in [0.29, 0.717) is 60.2 Å². The maximum absolute atomic E-state index is 14.2. The number of amides is 4. The van der Waals surface area contributed by atoms with Crippen molar-refractivity contribution in [3.8, 4) is 22.8 Å². The number of hydrogen-bond donors (Lipinski definition) is 4. The highest BCUT2D eigenvalue weighted by Gasteiger charge is 2.62. The lowest BCUT2D eigenvalue weighted by molar-refractivity contribution is -0.141. The van der Waals surface area contributed by atoms with Gasteiger partial charge in [0.15, 0.2) is 0 Å². The fourth-order valence-corrected chi connectivity index (χ4v) is 8.52. The van der Waals surface area contributed by atoms with Crippen molar-refractivity contribution in [1.29, 1.82) is 0 Å². The predicted molar refractivity (Wildman–Crippen MR) is 190 cm³/mol. The fraction of sp³-hybridized carbons (Fsp3) is 0.432. The van der Waals surface area contributed by atoms with Gasteiger partial charge in [0.2, 0.25) is 21.8 Å². The average molecular weight is 732 g/mol. The van der Waals surface area contributed by atoms with Gasteiger partial charge in [-0.25, -0.2) is 18.2 Å². The zero-order chi connectivity index (χ0) is 36.6. The Labute approximate surface area is 301 Å². The third-order valence-electron chi connectivity index (χ3n) is 10.2. The van der Waals surface area contributed by atoms with Gasteiger partial charge in [-0.15, -0.1) is 0 Å². The van der Waals surface area contributed by atoms with Gasteiger partial charge >= 0.3 is 6.09 Å². The minimum absolute atomic E-state index is 0.0244. The minimum Gasteiger partial charge on any atom is -0.497 e. The molecule has 0 radical (unpaired) electrons. The van der Waals surface area contributed by atoms with Crippen LogP contribution in [0.5, 0.6) is 11.5 Å². The van der Waals surface area contributed by atoms with E-state index in [-0.39, 0.29) is 25.8 Å². The van der Waals surface area contributed by atoms with Crippen molar-refractivity contribution in [3.63, 3.8) is 0 Å². The molecular formula is C37H41N5O9S. The maximum Gasteiger partial charge on any atom is 0.405 e. The van der Waals surface area contributed by atoms with Gasteiger partial charge in [0, 0.05) is 35.4 Å². The van der Waals surface area contributed by atoms with Crippen LogP contribution in [0.15, 0.2) is 66.7 Å². The van der Waals surface area contributed by atoms with Gasteiger partial charge in [0.1, 0.15) is 35.2 Å². The van der Waals surface area contributed by atoms with Gasteiger partial charge in [0.05, 0.1) is 30.1 Å². The molecule has 2 saturated carbocycles. The number of ether oxygens (including phenoxy) is 2. The zero-order valence-corrected chi connectivity index (χ0v) is 29.4. The molecule has 52 heavy (non-hydrogen) atoms. The summed E-state index contributed by atoms with van der Waals surface area (Å²) in [6, 6.07) is 14.5. The fourth-order valence-electron chi connectivity index (χ4n) is 7.16. The quantitative estimate of drug-likeness (QED) is 0.249. The molecule has 2 aliphatic heterocycles. The second-order valence-electron chi connectivity index (χ2n) is 13.9. The van der Waals surface area contributed by atoms with Crippen LogP contribution in [0, 0.1) is 5.92 Å².